The average molecular weight is 218 g/mol. The monoisotopic (exact) mass is 218 g/mol. The molecule has 5 heteroatoms. The van der Waals surface area contributed by atoms with Crippen LogP contribution in [0.2, 0.25) is 0 Å². The molecule has 0 aliphatic rings. The fourth-order valence-corrected chi connectivity index (χ4v) is 0.950. The fourth-order valence-electron chi connectivity index (χ4n) is 0.950. The normalized spacial score (nSPS) is 10.3. The molecule has 0 aliphatic carbocycles. The lowest BCUT2D eigenvalue weighted by molar-refractivity contribution is -0.126. The van der Waals surface area contributed by atoms with Crippen molar-refractivity contribution in [3.05, 3.63) is 0 Å². The summed E-state index contributed by atoms with van der Waals surface area (Å²) < 4.78 is 9.84. The summed E-state index contributed by atoms with van der Waals surface area (Å²) in [6.07, 6.45) is 1.11. The van der Waals surface area contributed by atoms with Crippen LogP contribution in [0.4, 0.5) is 0 Å². The second kappa shape index (κ2) is 11.4. The van der Waals surface area contributed by atoms with E-state index in [1.807, 2.05) is 0 Å². The number of nitrogens with one attached hydrogen (secondary N) is 2. The third-order valence-electron chi connectivity index (χ3n) is 1.72. The molecule has 0 saturated heterocycles. The molecular formula is C10H22N2O3. The summed E-state index contributed by atoms with van der Waals surface area (Å²) in [4.78, 5) is 11.1. The predicted molar refractivity (Wildman–Crippen MR) is 58.9 cm³/mol. The van der Waals surface area contributed by atoms with Gasteiger partial charge in [-0.05, 0) is 13.0 Å². The zero-order valence-electron chi connectivity index (χ0n) is 9.67. The van der Waals surface area contributed by atoms with Crippen molar-refractivity contribution in [3.8, 4) is 0 Å². The molecular weight excluding hydrogens is 196 g/mol. The quantitative estimate of drug-likeness (QED) is 0.497. The van der Waals surface area contributed by atoms with Gasteiger partial charge in [0, 0.05) is 20.2 Å². The smallest absolute Gasteiger partial charge is 0.246 e. The van der Waals surface area contributed by atoms with Gasteiger partial charge >= 0.3 is 0 Å². The van der Waals surface area contributed by atoms with E-state index >= 15 is 0 Å². The Hall–Kier alpha value is -0.650. The van der Waals surface area contributed by atoms with Crippen LogP contribution in [-0.2, 0) is 14.3 Å². The van der Waals surface area contributed by atoms with Crippen LogP contribution in [0, 0.1) is 0 Å². The summed E-state index contributed by atoms with van der Waals surface area (Å²) in [5.41, 5.74) is 0. The van der Waals surface area contributed by atoms with Crippen LogP contribution in [0.1, 0.15) is 13.3 Å². The summed E-state index contributed by atoms with van der Waals surface area (Å²) >= 11 is 0. The van der Waals surface area contributed by atoms with Crippen LogP contribution in [0.25, 0.3) is 0 Å². The topological polar surface area (TPSA) is 59.6 Å². The molecule has 15 heavy (non-hydrogen) atoms. The first-order valence-electron chi connectivity index (χ1n) is 5.35. The Kier molecular flexibility index (Phi) is 10.9. The van der Waals surface area contributed by atoms with E-state index in [1.54, 1.807) is 7.11 Å². The lowest BCUT2D eigenvalue weighted by atomic mass is 10.4. The molecule has 0 fully saturated rings. The van der Waals surface area contributed by atoms with Crippen molar-refractivity contribution in [2.24, 2.45) is 0 Å². The highest BCUT2D eigenvalue weighted by Crippen LogP contribution is 1.76. The van der Waals surface area contributed by atoms with E-state index in [-0.39, 0.29) is 12.5 Å². The highest BCUT2D eigenvalue weighted by molar-refractivity contribution is 5.77. The van der Waals surface area contributed by atoms with Crippen molar-refractivity contribution in [3.63, 3.8) is 0 Å². The SMILES string of the molecule is CCCNCCNC(=O)COCCOC. The first-order chi connectivity index (χ1) is 7.31. The van der Waals surface area contributed by atoms with Crippen molar-refractivity contribution in [1.82, 2.24) is 10.6 Å². The van der Waals surface area contributed by atoms with E-state index < -0.39 is 0 Å². The fraction of sp³-hybridized carbons (Fsp3) is 0.900. The van der Waals surface area contributed by atoms with E-state index in [9.17, 15) is 4.79 Å². The zero-order chi connectivity index (χ0) is 11.4. The maximum Gasteiger partial charge on any atom is 0.246 e. The number of ether oxygens (including phenoxy) is 2. The van der Waals surface area contributed by atoms with Crippen LogP contribution in [0.3, 0.4) is 0 Å². The Morgan fingerprint density at radius 3 is 2.67 bits per heavy atom. The zero-order valence-corrected chi connectivity index (χ0v) is 9.67. The van der Waals surface area contributed by atoms with Gasteiger partial charge in [0.2, 0.25) is 5.91 Å². The van der Waals surface area contributed by atoms with E-state index in [0.29, 0.717) is 19.8 Å². The second-order valence-electron chi connectivity index (χ2n) is 3.15. The third kappa shape index (κ3) is 11.3. The molecule has 0 aromatic carbocycles. The van der Waals surface area contributed by atoms with Crippen molar-refractivity contribution in [2.45, 2.75) is 13.3 Å². The van der Waals surface area contributed by atoms with Crippen LogP contribution in [0.5, 0.6) is 0 Å². The largest absolute Gasteiger partial charge is 0.382 e. The molecule has 0 aromatic heterocycles. The number of carbonyl (C=O) groups excluding carboxylic acids is 1. The summed E-state index contributed by atoms with van der Waals surface area (Å²) in [7, 11) is 1.60. The Bertz CT molecular complexity index is 154. The first-order valence-corrected chi connectivity index (χ1v) is 5.35. The molecule has 0 spiro atoms. The van der Waals surface area contributed by atoms with Crippen molar-refractivity contribution >= 4 is 5.91 Å². The molecule has 0 bridgehead atoms. The highest BCUT2D eigenvalue weighted by Gasteiger charge is 1.99. The first kappa shape index (κ1) is 14.3. The molecule has 90 valence electrons. The Labute approximate surface area is 91.5 Å². The number of amides is 1. The van der Waals surface area contributed by atoms with Gasteiger partial charge in [-0.15, -0.1) is 0 Å². The molecule has 2 N–H and O–H groups in total. The maximum absolute atomic E-state index is 11.1. The molecule has 0 aliphatic heterocycles. The molecule has 0 atom stereocenters. The van der Waals surface area contributed by atoms with Gasteiger partial charge in [0.1, 0.15) is 6.61 Å². The molecule has 1 amide bonds. The number of methoxy groups -OCH3 is 1. The summed E-state index contributed by atoms with van der Waals surface area (Å²) in [5, 5.41) is 5.94. The van der Waals surface area contributed by atoms with Crippen molar-refractivity contribution < 1.29 is 14.3 Å². The second-order valence-corrected chi connectivity index (χ2v) is 3.15. The van der Waals surface area contributed by atoms with E-state index in [2.05, 4.69) is 17.6 Å². The lowest BCUT2D eigenvalue weighted by Crippen LogP contribution is -2.34. The predicted octanol–water partition coefficient (Wildman–Crippen LogP) is -0.235. The van der Waals surface area contributed by atoms with Gasteiger partial charge in [-0.2, -0.15) is 0 Å². The minimum absolute atomic E-state index is 0.0793. The molecule has 0 saturated carbocycles. The minimum atomic E-state index is -0.0793. The van der Waals surface area contributed by atoms with Crippen molar-refractivity contribution in [2.75, 3.05) is 46.6 Å². The summed E-state index contributed by atoms with van der Waals surface area (Å²) in [6.45, 7) is 5.63. The molecule has 0 rings (SSSR count). The molecule has 0 aromatic rings. The Morgan fingerprint density at radius 2 is 2.00 bits per heavy atom. The average Bonchev–Trinajstić information content (AvgIpc) is 2.24. The van der Waals surface area contributed by atoms with Gasteiger partial charge in [-0.3, -0.25) is 4.79 Å². The van der Waals surface area contributed by atoms with Gasteiger partial charge in [0.05, 0.1) is 13.2 Å². The standard InChI is InChI=1S/C10H22N2O3/c1-3-4-11-5-6-12-10(13)9-15-8-7-14-2/h11H,3-9H2,1-2H3,(H,12,13). The summed E-state index contributed by atoms with van der Waals surface area (Å²) in [5.74, 6) is -0.0793. The highest BCUT2D eigenvalue weighted by atomic mass is 16.5. The van der Waals surface area contributed by atoms with Crippen LogP contribution in [0.15, 0.2) is 0 Å². The maximum atomic E-state index is 11.1. The number of carbonyl (C=O) groups is 1. The van der Waals surface area contributed by atoms with Gasteiger partial charge in [0.15, 0.2) is 0 Å². The third-order valence-corrected chi connectivity index (χ3v) is 1.72. The van der Waals surface area contributed by atoms with Gasteiger partial charge in [-0.25, -0.2) is 0 Å². The molecule has 5 nitrogen and oxygen atoms in total. The lowest BCUT2D eigenvalue weighted by Gasteiger charge is -2.06. The summed E-state index contributed by atoms with van der Waals surface area (Å²) in [6, 6.07) is 0. The molecule has 0 unspecified atom stereocenters. The Morgan fingerprint density at radius 1 is 1.20 bits per heavy atom. The Balaban J connectivity index is 3.11. The van der Waals surface area contributed by atoms with E-state index in [4.69, 9.17) is 9.47 Å². The number of rotatable bonds is 10. The number of hydrogen-bond donors (Lipinski definition) is 2. The molecule has 0 radical (unpaired) electrons. The van der Waals surface area contributed by atoms with E-state index in [1.165, 1.54) is 0 Å². The van der Waals surface area contributed by atoms with Gasteiger partial charge < -0.3 is 20.1 Å². The van der Waals surface area contributed by atoms with Gasteiger partial charge in [-0.1, -0.05) is 6.92 Å². The van der Waals surface area contributed by atoms with Crippen molar-refractivity contribution in [1.29, 1.82) is 0 Å². The van der Waals surface area contributed by atoms with E-state index in [0.717, 1.165) is 19.5 Å². The van der Waals surface area contributed by atoms with Crippen LogP contribution < -0.4 is 10.6 Å². The molecule has 0 heterocycles. The number of hydrogen-bond acceptors (Lipinski definition) is 4. The van der Waals surface area contributed by atoms with Crippen LogP contribution >= 0.6 is 0 Å². The minimum Gasteiger partial charge on any atom is -0.382 e. The van der Waals surface area contributed by atoms with Gasteiger partial charge in [0.25, 0.3) is 0 Å². The van der Waals surface area contributed by atoms with Crippen LogP contribution in [-0.4, -0.2) is 52.5 Å².